The minimum Gasteiger partial charge on any atom is -0.457 e. The molecule has 0 atom stereocenters. The van der Waals surface area contributed by atoms with Gasteiger partial charge in [-0.25, -0.2) is 0 Å². The van der Waals surface area contributed by atoms with Crippen LogP contribution in [0.1, 0.15) is 19.3 Å². The Morgan fingerprint density at radius 1 is 1.21 bits per heavy atom. The van der Waals surface area contributed by atoms with Crippen molar-refractivity contribution in [3.05, 3.63) is 59.1 Å². The average Bonchev–Trinajstić information content (AvgIpc) is 2.26. The second kappa shape index (κ2) is 3.02. The molecule has 1 nitrogen and oxygen atoms in total. The zero-order chi connectivity index (χ0) is 9.38. The third-order valence-electron chi connectivity index (χ3n) is 2.77. The van der Waals surface area contributed by atoms with Crippen LogP contribution in [0.2, 0.25) is 0 Å². The largest absolute Gasteiger partial charge is 0.457 e. The minimum absolute atomic E-state index is 1.01. The van der Waals surface area contributed by atoms with Crippen molar-refractivity contribution in [2.75, 3.05) is 0 Å². The summed E-state index contributed by atoms with van der Waals surface area (Å²) >= 11 is 0. The molecule has 0 amide bonds. The van der Waals surface area contributed by atoms with Gasteiger partial charge >= 0.3 is 0 Å². The van der Waals surface area contributed by atoms with Gasteiger partial charge in [0, 0.05) is 0 Å². The number of rotatable bonds is 0. The number of ether oxygens (including phenoxy) is 1. The molecule has 0 aromatic heterocycles. The Kier molecular flexibility index (Phi) is 1.69. The molecule has 0 bridgehead atoms. The molecular weight excluding hydrogens is 172 g/mol. The van der Waals surface area contributed by atoms with Crippen molar-refractivity contribution in [3.63, 3.8) is 0 Å². The van der Waals surface area contributed by atoms with E-state index in [0.717, 1.165) is 30.8 Å². The molecule has 1 heteroatoms. The molecule has 2 aliphatic carbocycles. The lowest BCUT2D eigenvalue weighted by Crippen LogP contribution is -2.07. The summed E-state index contributed by atoms with van der Waals surface area (Å²) in [5, 5.41) is 0. The predicted molar refractivity (Wildman–Crippen MR) is 56.4 cm³/mol. The third-order valence-corrected chi connectivity index (χ3v) is 2.77. The van der Waals surface area contributed by atoms with Crippen LogP contribution >= 0.6 is 0 Å². The van der Waals surface area contributed by atoms with E-state index in [-0.39, 0.29) is 0 Å². The number of allylic oxidation sites excluding steroid dienone is 8. The van der Waals surface area contributed by atoms with Crippen LogP contribution in [0.15, 0.2) is 59.1 Å². The van der Waals surface area contributed by atoms with E-state index < -0.39 is 0 Å². The van der Waals surface area contributed by atoms with Gasteiger partial charge in [0.15, 0.2) is 0 Å². The van der Waals surface area contributed by atoms with Gasteiger partial charge in [0.1, 0.15) is 11.5 Å². The van der Waals surface area contributed by atoms with Gasteiger partial charge in [-0.15, -0.1) is 0 Å². The van der Waals surface area contributed by atoms with Crippen molar-refractivity contribution in [2.24, 2.45) is 0 Å². The summed E-state index contributed by atoms with van der Waals surface area (Å²) in [4.78, 5) is 0. The fourth-order valence-corrected chi connectivity index (χ4v) is 2.02. The Bertz CT molecular complexity index is 417. The molecule has 14 heavy (non-hydrogen) atoms. The molecule has 3 aliphatic rings. The SMILES string of the molecule is C1=CCC2=CC3=C(C=CCC3)OC2=C1. The minimum atomic E-state index is 1.01. The van der Waals surface area contributed by atoms with E-state index in [1.54, 1.807) is 0 Å². The quantitative estimate of drug-likeness (QED) is 0.560. The van der Waals surface area contributed by atoms with Crippen molar-refractivity contribution < 1.29 is 4.74 Å². The summed E-state index contributed by atoms with van der Waals surface area (Å²) < 4.78 is 5.83. The monoisotopic (exact) mass is 184 g/mol. The zero-order valence-electron chi connectivity index (χ0n) is 7.99. The first kappa shape index (κ1) is 7.86. The average molecular weight is 184 g/mol. The van der Waals surface area contributed by atoms with E-state index in [1.807, 2.05) is 6.08 Å². The van der Waals surface area contributed by atoms with E-state index in [4.69, 9.17) is 4.74 Å². The van der Waals surface area contributed by atoms with Crippen molar-refractivity contribution in [1.82, 2.24) is 0 Å². The highest BCUT2D eigenvalue weighted by molar-refractivity contribution is 5.48. The molecule has 0 fully saturated rings. The molecule has 1 aliphatic heterocycles. The summed E-state index contributed by atoms with van der Waals surface area (Å²) in [6.45, 7) is 0. The van der Waals surface area contributed by atoms with E-state index in [1.165, 1.54) is 11.1 Å². The van der Waals surface area contributed by atoms with Gasteiger partial charge < -0.3 is 4.74 Å². The lowest BCUT2D eigenvalue weighted by molar-refractivity contribution is 0.315. The van der Waals surface area contributed by atoms with Crippen molar-refractivity contribution in [3.8, 4) is 0 Å². The van der Waals surface area contributed by atoms with Crippen LogP contribution in [0.4, 0.5) is 0 Å². The standard InChI is InChI=1S/C13H12O/c1-3-7-12-10(5-1)9-11-6-2-4-8-13(11)14-12/h1,3-4,7-9H,2,5-6H2. The van der Waals surface area contributed by atoms with Gasteiger partial charge in [0.05, 0.1) is 0 Å². The molecule has 0 aromatic rings. The summed E-state index contributed by atoms with van der Waals surface area (Å²) in [7, 11) is 0. The van der Waals surface area contributed by atoms with Gasteiger partial charge in [-0.1, -0.05) is 18.2 Å². The number of hydrogen-bond donors (Lipinski definition) is 0. The normalized spacial score (nSPS) is 23.4. The lowest BCUT2D eigenvalue weighted by atomic mass is 9.95. The topological polar surface area (TPSA) is 9.23 Å². The van der Waals surface area contributed by atoms with Gasteiger partial charge in [-0.2, -0.15) is 0 Å². The molecular formula is C13H12O. The van der Waals surface area contributed by atoms with Crippen LogP contribution in [-0.4, -0.2) is 0 Å². The first-order chi connectivity index (χ1) is 6.93. The summed E-state index contributed by atoms with van der Waals surface area (Å²) in [6, 6.07) is 0. The van der Waals surface area contributed by atoms with Crippen LogP contribution < -0.4 is 0 Å². The van der Waals surface area contributed by atoms with Crippen molar-refractivity contribution in [1.29, 1.82) is 0 Å². The van der Waals surface area contributed by atoms with Gasteiger partial charge in [0.2, 0.25) is 0 Å². The summed E-state index contributed by atoms with van der Waals surface area (Å²) in [5.41, 5.74) is 2.68. The van der Waals surface area contributed by atoms with E-state index in [2.05, 4.69) is 30.4 Å². The Balaban J connectivity index is 2.04. The first-order valence-corrected chi connectivity index (χ1v) is 5.09. The molecule has 0 aromatic carbocycles. The number of hydrogen-bond acceptors (Lipinski definition) is 1. The maximum atomic E-state index is 5.83. The molecule has 0 saturated carbocycles. The lowest BCUT2D eigenvalue weighted by Gasteiger charge is -2.24. The Hall–Kier alpha value is -1.50. The molecule has 70 valence electrons. The van der Waals surface area contributed by atoms with Gasteiger partial charge in [-0.3, -0.25) is 0 Å². The van der Waals surface area contributed by atoms with Crippen molar-refractivity contribution in [2.45, 2.75) is 19.3 Å². The summed E-state index contributed by atoms with van der Waals surface area (Å²) in [6.07, 6.45) is 16.1. The Morgan fingerprint density at radius 3 is 3.21 bits per heavy atom. The van der Waals surface area contributed by atoms with Crippen LogP contribution in [0.5, 0.6) is 0 Å². The highest BCUT2D eigenvalue weighted by Crippen LogP contribution is 2.34. The molecule has 1 heterocycles. The highest BCUT2D eigenvalue weighted by atomic mass is 16.5. The van der Waals surface area contributed by atoms with Crippen molar-refractivity contribution >= 4 is 0 Å². The van der Waals surface area contributed by atoms with Crippen LogP contribution in [0.3, 0.4) is 0 Å². The third kappa shape index (κ3) is 1.17. The second-order valence-corrected chi connectivity index (χ2v) is 3.77. The molecule has 3 rings (SSSR count). The summed E-state index contributed by atoms with van der Waals surface area (Å²) in [5.74, 6) is 2.07. The maximum Gasteiger partial charge on any atom is 0.130 e. The zero-order valence-corrected chi connectivity index (χ0v) is 7.99. The van der Waals surface area contributed by atoms with Crippen LogP contribution in [0.25, 0.3) is 0 Å². The predicted octanol–water partition coefficient (Wildman–Crippen LogP) is 3.39. The number of fused-ring (bicyclic) bond motifs is 1. The second-order valence-electron chi connectivity index (χ2n) is 3.77. The van der Waals surface area contributed by atoms with E-state index in [0.29, 0.717) is 0 Å². The molecule has 0 unspecified atom stereocenters. The van der Waals surface area contributed by atoms with Gasteiger partial charge in [-0.05, 0) is 48.6 Å². The van der Waals surface area contributed by atoms with Crippen LogP contribution in [-0.2, 0) is 4.74 Å². The molecule has 0 spiro atoms. The molecule has 0 N–H and O–H groups in total. The molecule has 0 saturated heterocycles. The Morgan fingerprint density at radius 2 is 2.21 bits per heavy atom. The fraction of sp³-hybridized carbons (Fsp3) is 0.231. The van der Waals surface area contributed by atoms with E-state index in [9.17, 15) is 0 Å². The Labute approximate surface area is 83.8 Å². The molecule has 0 radical (unpaired) electrons. The fourth-order valence-electron chi connectivity index (χ4n) is 2.02. The highest BCUT2D eigenvalue weighted by Gasteiger charge is 2.19. The first-order valence-electron chi connectivity index (χ1n) is 5.09. The smallest absolute Gasteiger partial charge is 0.130 e. The maximum absolute atomic E-state index is 5.83. The van der Waals surface area contributed by atoms with Gasteiger partial charge in [0.25, 0.3) is 0 Å². The van der Waals surface area contributed by atoms with E-state index >= 15 is 0 Å². The van der Waals surface area contributed by atoms with Crippen LogP contribution in [0, 0.1) is 0 Å².